The normalized spacial score (nSPS) is 15.8. The molecular formula is C21H27FN4O2. The first-order valence-corrected chi connectivity index (χ1v) is 9.80. The summed E-state index contributed by atoms with van der Waals surface area (Å²) >= 11 is 0. The maximum atomic E-state index is 13.2. The molecule has 7 heteroatoms. The molecule has 1 atom stereocenters. The van der Waals surface area contributed by atoms with Crippen LogP contribution in [0.4, 0.5) is 4.39 Å². The van der Waals surface area contributed by atoms with Gasteiger partial charge in [0.25, 0.3) is 5.91 Å². The summed E-state index contributed by atoms with van der Waals surface area (Å²) in [5.74, 6) is -0.0687. The van der Waals surface area contributed by atoms with Gasteiger partial charge in [-0.25, -0.2) is 4.39 Å². The van der Waals surface area contributed by atoms with Crippen molar-refractivity contribution in [1.82, 2.24) is 20.0 Å². The van der Waals surface area contributed by atoms with E-state index in [2.05, 4.69) is 10.4 Å². The summed E-state index contributed by atoms with van der Waals surface area (Å²) in [5.41, 5.74) is 2.46. The lowest BCUT2D eigenvalue weighted by Crippen LogP contribution is -2.34. The first-order chi connectivity index (χ1) is 13.5. The Morgan fingerprint density at radius 2 is 2.07 bits per heavy atom. The smallest absolute Gasteiger partial charge is 0.257 e. The number of benzene rings is 1. The molecule has 1 aliphatic heterocycles. The van der Waals surface area contributed by atoms with Crippen LogP contribution in [0.25, 0.3) is 0 Å². The van der Waals surface area contributed by atoms with Gasteiger partial charge in [0.1, 0.15) is 5.82 Å². The quantitative estimate of drug-likeness (QED) is 0.796. The number of carbonyl (C=O) groups is 2. The van der Waals surface area contributed by atoms with Crippen LogP contribution < -0.4 is 5.32 Å². The van der Waals surface area contributed by atoms with E-state index in [1.807, 2.05) is 11.6 Å². The molecule has 1 unspecified atom stereocenters. The molecule has 0 saturated carbocycles. The van der Waals surface area contributed by atoms with Crippen molar-refractivity contribution in [1.29, 1.82) is 0 Å². The van der Waals surface area contributed by atoms with Gasteiger partial charge in [0.15, 0.2) is 0 Å². The van der Waals surface area contributed by atoms with E-state index < -0.39 is 0 Å². The van der Waals surface area contributed by atoms with Crippen molar-refractivity contribution in [2.45, 2.75) is 46.2 Å². The lowest BCUT2D eigenvalue weighted by atomic mass is 9.94. The van der Waals surface area contributed by atoms with E-state index in [4.69, 9.17) is 0 Å². The van der Waals surface area contributed by atoms with Crippen molar-refractivity contribution in [3.63, 3.8) is 0 Å². The molecule has 0 aliphatic carbocycles. The minimum atomic E-state index is -0.284. The van der Waals surface area contributed by atoms with Crippen LogP contribution in [-0.2, 0) is 24.3 Å². The van der Waals surface area contributed by atoms with E-state index in [9.17, 15) is 14.0 Å². The summed E-state index contributed by atoms with van der Waals surface area (Å²) in [6, 6.07) is 6.25. The molecule has 28 heavy (non-hydrogen) atoms. The van der Waals surface area contributed by atoms with Crippen molar-refractivity contribution < 1.29 is 14.0 Å². The second-order valence-electron chi connectivity index (χ2n) is 7.38. The van der Waals surface area contributed by atoms with Crippen molar-refractivity contribution >= 4 is 11.8 Å². The van der Waals surface area contributed by atoms with E-state index in [1.165, 1.54) is 19.1 Å². The van der Waals surface area contributed by atoms with Crippen LogP contribution in [-0.4, -0.2) is 39.6 Å². The van der Waals surface area contributed by atoms with Crippen LogP contribution in [0, 0.1) is 11.7 Å². The molecule has 0 spiro atoms. The van der Waals surface area contributed by atoms with Crippen LogP contribution in [0.3, 0.4) is 0 Å². The number of carbonyl (C=O) groups excluding carboxylic acids is 2. The van der Waals surface area contributed by atoms with Gasteiger partial charge in [0.05, 0.1) is 17.5 Å². The highest BCUT2D eigenvalue weighted by atomic mass is 19.1. The average Bonchev–Trinajstić information content (AvgIpc) is 3.10. The van der Waals surface area contributed by atoms with Gasteiger partial charge < -0.3 is 10.2 Å². The summed E-state index contributed by atoms with van der Waals surface area (Å²) in [4.78, 5) is 26.2. The zero-order valence-corrected chi connectivity index (χ0v) is 16.4. The predicted octanol–water partition coefficient (Wildman–Crippen LogP) is 2.77. The molecule has 6 nitrogen and oxygen atoms in total. The molecule has 1 aliphatic rings. The monoisotopic (exact) mass is 386 g/mol. The van der Waals surface area contributed by atoms with Crippen LogP contribution in [0.15, 0.2) is 30.5 Å². The Morgan fingerprint density at radius 3 is 2.75 bits per heavy atom. The topological polar surface area (TPSA) is 67.2 Å². The maximum Gasteiger partial charge on any atom is 0.257 e. The lowest BCUT2D eigenvalue weighted by molar-refractivity contribution is -0.119. The number of nitrogens with zero attached hydrogens (tertiary/aromatic N) is 3. The number of hydrogen-bond acceptors (Lipinski definition) is 3. The molecule has 3 rings (SSSR count). The number of aromatic nitrogens is 2. The van der Waals surface area contributed by atoms with E-state index in [0.717, 1.165) is 37.1 Å². The fourth-order valence-corrected chi connectivity index (χ4v) is 3.64. The number of hydrogen-bond donors (Lipinski definition) is 1. The van der Waals surface area contributed by atoms with E-state index in [1.54, 1.807) is 23.2 Å². The predicted molar refractivity (Wildman–Crippen MR) is 104 cm³/mol. The molecule has 1 aromatic carbocycles. The van der Waals surface area contributed by atoms with Gasteiger partial charge >= 0.3 is 0 Å². The van der Waals surface area contributed by atoms with Crippen molar-refractivity contribution in [3.8, 4) is 0 Å². The molecule has 0 bridgehead atoms. The molecule has 0 saturated heterocycles. The van der Waals surface area contributed by atoms with E-state index >= 15 is 0 Å². The van der Waals surface area contributed by atoms with E-state index in [0.29, 0.717) is 31.1 Å². The lowest BCUT2D eigenvalue weighted by Gasteiger charge is -2.26. The fourth-order valence-electron chi connectivity index (χ4n) is 3.64. The third kappa shape index (κ3) is 4.77. The number of fused-ring (bicyclic) bond motifs is 1. The highest BCUT2D eigenvalue weighted by molar-refractivity contribution is 5.95. The van der Waals surface area contributed by atoms with Crippen LogP contribution in [0.5, 0.6) is 0 Å². The Balaban J connectivity index is 1.76. The molecule has 1 aromatic heterocycles. The van der Waals surface area contributed by atoms with Gasteiger partial charge in [0.2, 0.25) is 5.91 Å². The van der Waals surface area contributed by atoms with Crippen molar-refractivity contribution in [2.24, 2.45) is 5.92 Å². The number of aryl methyl sites for hydroxylation is 1. The summed E-state index contributed by atoms with van der Waals surface area (Å²) in [6.45, 7) is 5.96. The molecule has 150 valence electrons. The Kier molecular flexibility index (Phi) is 6.44. The Labute approximate surface area is 164 Å². The summed E-state index contributed by atoms with van der Waals surface area (Å²) < 4.78 is 15.1. The van der Waals surface area contributed by atoms with Crippen LogP contribution >= 0.6 is 0 Å². The second-order valence-corrected chi connectivity index (χ2v) is 7.38. The van der Waals surface area contributed by atoms with Crippen molar-refractivity contribution in [2.75, 3.05) is 13.1 Å². The highest BCUT2D eigenvalue weighted by Crippen LogP contribution is 2.24. The SMILES string of the molecule is CCCN(Cc1ccc(F)cc1)C(=O)c1cnn2c1CC(CNC(C)=O)CC2. The van der Waals surface area contributed by atoms with Gasteiger partial charge in [-0.05, 0) is 42.9 Å². The van der Waals surface area contributed by atoms with Crippen molar-refractivity contribution in [3.05, 3.63) is 53.1 Å². The first kappa shape index (κ1) is 20.0. The average molecular weight is 386 g/mol. The summed E-state index contributed by atoms with van der Waals surface area (Å²) in [6.07, 6.45) is 4.14. The third-order valence-electron chi connectivity index (χ3n) is 5.12. The largest absolute Gasteiger partial charge is 0.356 e. The van der Waals surface area contributed by atoms with Gasteiger partial charge in [-0.3, -0.25) is 14.3 Å². The first-order valence-electron chi connectivity index (χ1n) is 9.80. The molecule has 0 radical (unpaired) electrons. The molecule has 2 heterocycles. The third-order valence-corrected chi connectivity index (χ3v) is 5.12. The second kappa shape index (κ2) is 8.99. The summed E-state index contributed by atoms with van der Waals surface area (Å²) in [7, 11) is 0. The highest BCUT2D eigenvalue weighted by Gasteiger charge is 2.27. The maximum absolute atomic E-state index is 13.2. The van der Waals surface area contributed by atoms with Crippen LogP contribution in [0.1, 0.15) is 48.3 Å². The minimum absolute atomic E-state index is 0.0381. The van der Waals surface area contributed by atoms with E-state index in [-0.39, 0.29) is 17.6 Å². The Hall–Kier alpha value is -2.70. The molecular weight excluding hydrogens is 359 g/mol. The number of rotatable bonds is 7. The Bertz CT molecular complexity index is 831. The molecule has 0 fully saturated rings. The zero-order chi connectivity index (χ0) is 20.1. The minimum Gasteiger partial charge on any atom is -0.356 e. The molecule has 2 amide bonds. The number of amides is 2. The van der Waals surface area contributed by atoms with Gasteiger partial charge in [0, 0.05) is 33.1 Å². The number of nitrogens with one attached hydrogen (secondary N) is 1. The standard InChI is InChI=1S/C21H27FN4O2/c1-3-9-25(14-16-4-6-18(22)7-5-16)21(28)19-13-24-26-10-8-17(11-20(19)26)12-23-15(2)27/h4-7,13,17H,3,8-12,14H2,1-2H3,(H,23,27). The molecule has 2 aromatic rings. The molecule has 1 N–H and O–H groups in total. The number of halogens is 1. The van der Waals surface area contributed by atoms with Crippen LogP contribution in [0.2, 0.25) is 0 Å². The summed E-state index contributed by atoms with van der Waals surface area (Å²) in [5, 5.41) is 7.27. The van der Waals surface area contributed by atoms with Gasteiger partial charge in [-0.1, -0.05) is 19.1 Å². The zero-order valence-electron chi connectivity index (χ0n) is 16.4. The van der Waals surface area contributed by atoms with Gasteiger partial charge in [-0.15, -0.1) is 0 Å². The fraction of sp³-hybridized carbons (Fsp3) is 0.476. The van der Waals surface area contributed by atoms with Gasteiger partial charge in [-0.2, -0.15) is 5.10 Å². The Morgan fingerprint density at radius 1 is 1.32 bits per heavy atom.